The molecule has 2 rings (SSSR count). The fraction of sp³-hybridized carbons (Fsp3) is 0.267. The first-order chi connectivity index (χ1) is 11.0. The largest absolute Gasteiger partial charge is 0.478 e. The lowest BCUT2D eigenvalue weighted by molar-refractivity contribution is 0.0697. The Bertz CT molecular complexity index is 743. The van der Waals surface area contributed by atoms with Crippen molar-refractivity contribution in [3.63, 3.8) is 0 Å². The SMILES string of the molecule is COCCCNc1cnn(-c2ccc(C(=O)O)cc2)c(=O)c1Cl. The minimum atomic E-state index is -1.04. The molecule has 0 bridgehead atoms. The van der Waals surface area contributed by atoms with E-state index in [0.29, 0.717) is 24.5 Å². The van der Waals surface area contributed by atoms with E-state index in [9.17, 15) is 9.59 Å². The maximum absolute atomic E-state index is 12.3. The van der Waals surface area contributed by atoms with Crippen LogP contribution in [-0.2, 0) is 4.74 Å². The van der Waals surface area contributed by atoms with Gasteiger partial charge >= 0.3 is 5.97 Å². The van der Waals surface area contributed by atoms with E-state index in [-0.39, 0.29) is 10.6 Å². The number of aromatic carboxylic acids is 1. The van der Waals surface area contributed by atoms with Gasteiger partial charge in [0.15, 0.2) is 0 Å². The number of anilines is 1. The molecule has 1 aromatic heterocycles. The molecular formula is C15H16ClN3O4. The number of rotatable bonds is 7. The summed E-state index contributed by atoms with van der Waals surface area (Å²) < 4.78 is 6.06. The number of carbonyl (C=O) groups is 1. The summed E-state index contributed by atoms with van der Waals surface area (Å²) in [5.74, 6) is -1.04. The molecule has 0 saturated heterocycles. The highest BCUT2D eigenvalue weighted by Gasteiger charge is 2.11. The lowest BCUT2D eigenvalue weighted by Gasteiger charge is -2.10. The summed E-state index contributed by atoms with van der Waals surface area (Å²) in [6.45, 7) is 1.21. The van der Waals surface area contributed by atoms with E-state index >= 15 is 0 Å². The highest BCUT2D eigenvalue weighted by Crippen LogP contribution is 2.16. The summed E-state index contributed by atoms with van der Waals surface area (Å²) >= 11 is 6.08. The predicted octanol–water partition coefficient (Wildman–Crippen LogP) is 2.03. The lowest BCUT2D eigenvalue weighted by Crippen LogP contribution is -2.23. The quantitative estimate of drug-likeness (QED) is 0.751. The molecular weight excluding hydrogens is 322 g/mol. The standard InChI is InChI=1S/C15H16ClN3O4/c1-23-8-2-7-17-12-9-18-19(14(20)13(12)16)11-5-3-10(4-6-11)15(21)22/h3-6,9,17H,2,7-8H2,1H3,(H,21,22). The Labute approximate surface area is 137 Å². The van der Waals surface area contributed by atoms with Crippen molar-refractivity contribution in [2.75, 3.05) is 25.6 Å². The maximum Gasteiger partial charge on any atom is 0.335 e. The molecule has 0 fully saturated rings. The molecule has 0 radical (unpaired) electrons. The van der Waals surface area contributed by atoms with Gasteiger partial charge in [0, 0.05) is 20.3 Å². The molecule has 0 aliphatic heterocycles. The molecule has 2 aromatic rings. The Hall–Kier alpha value is -2.38. The lowest BCUT2D eigenvalue weighted by atomic mass is 10.2. The van der Waals surface area contributed by atoms with Gasteiger partial charge in [-0.15, -0.1) is 0 Å². The highest BCUT2D eigenvalue weighted by molar-refractivity contribution is 6.32. The second kappa shape index (κ2) is 7.75. The molecule has 0 aliphatic carbocycles. The Balaban J connectivity index is 2.22. The summed E-state index contributed by atoms with van der Waals surface area (Å²) in [5, 5.41) is 16.0. The summed E-state index contributed by atoms with van der Waals surface area (Å²) in [6, 6.07) is 5.80. The molecule has 0 spiro atoms. The second-order valence-corrected chi connectivity index (χ2v) is 5.09. The Kier molecular flexibility index (Phi) is 5.72. The van der Waals surface area contributed by atoms with Crippen LogP contribution in [0.25, 0.3) is 5.69 Å². The number of methoxy groups -OCH3 is 1. The third kappa shape index (κ3) is 4.08. The van der Waals surface area contributed by atoms with Gasteiger partial charge in [0.05, 0.1) is 23.1 Å². The van der Waals surface area contributed by atoms with E-state index in [0.717, 1.165) is 11.1 Å². The molecule has 1 heterocycles. The van der Waals surface area contributed by atoms with Gasteiger partial charge in [-0.25, -0.2) is 4.79 Å². The molecule has 0 aliphatic rings. The van der Waals surface area contributed by atoms with Crippen LogP contribution in [0.5, 0.6) is 0 Å². The molecule has 0 amide bonds. The number of hydrogen-bond acceptors (Lipinski definition) is 5. The van der Waals surface area contributed by atoms with E-state index in [1.165, 1.54) is 30.5 Å². The number of hydrogen-bond donors (Lipinski definition) is 2. The van der Waals surface area contributed by atoms with Gasteiger partial charge in [-0.3, -0.25) is 4.79 Å². The molecule has 8 heteroatoms. The van der Waals surface area contributed by atoms with Crippen molar-refractivity contribution in [2.45, 2.75) is 6.42 Å². The number of carboxylic acid groups (broad SMARTS) is 1. The molecule has 2 N–H and O–H groups in total. The minimum Gasteiger partial charge on any atom is -0.478 e. The van der Waals surface area contributed by atoms with Crippen LogP contribution in [0.4, 0.5) is 5.69 Å². The monoisotopic (exact) mass is 337 g/mol. The topological polar surface area (TPSA) is 93.4 Å². The van der Waals surface area contributed by atoms with Crippen LogP contribution in [0.1, 0.15) is 16.8 Å². The zero-order valence-electron chi connectivity index (χ0n) is 12.5. The number of carboxylic acids is 1. The third-order valence-electron chi connectivity index (χ3n) is 3.12. The number of ether oxygens (including phenoxy) is 1. The van der Waals surface area contributed by atoms with E-state index < -0.39 is 11.5 Å². The normalized spacial score (nSPS) is 10.5. The van der Waals surface area contributed by atoms with Crippen LogP contribution in [0, 0.1) is 0 Å². The van der Waals surface area contributed by atoms with Crippen molar-refractivity contribution >= 4 is 23.3 Å². The Morgan fingerprint density at radius 1 is 1.39 bits per heavy atom. The summed E-state index contributed by atoms with van der Waals surface area (Å²) in [5.41, 5.74) is 0.537. The first kappa shape index (κ1) is 17.0. The van der Waals surface area contributed by atoms with Crippen molar-refractivity contribution in [3.05, 3.63) is 51.4 Å². The van der Waals surface area contributed by atoms with Crippen LogP contribution < -0.4 is 10.9 Å². The van der Waals surface area contributed by atoms with Crippen LogP contribution >= 0.6 is 11.6 Å². The van der Waals surface area contributed by atoms with Crippen molar-refractivity contribution < 1.29 is 14.6 Å². The van der Waals surface area contributed by atoms with Crippen molar-refractivity contribution in [1.82, 2.24) is 9.78 Å². The van der Waals surface area contributed by atoms with Gasteiger partial charge in [0.25, 0.3) is 5.56 Å². The predicted molar refractivity (Wildman–Crippen MR) is 86.8 cm³/mol. The van der Waals surface area contributed by atoms with Crippen molar-refractivity contribution in [1.29, 1.82) is 0 Å². The van der Waals surface area contributed by atoms with Gasteiger partial charge < -0.3 is 15.2 Å². The third-order valence-corrected chi connectivity index (χ3v) is 3.48. The maximum atomic E-state index is 12.3. The average molecular weight is 338 g/mol. The van der Waals surface area contributed by atoms with E-state index in [2.05, 4.69) is 10.4 Å². The van der Waals surface area contributed by atoms with Crippen molar-refractivity contribution in [3.8, 4) is 5.69 Å². The number of aromatic nitrogens is 2. The smallest absolute Gasteiger partial charge is 0.335 e. The average Bonchev–Trinajstić information content (AvgIpc) is 2.55. The van der Waals surface area contributed by atoms with Crippen LogP contribution in [0.2, 0.25) is 5.02 Å². The second-order valence-electron chi connectivity index (χ2n) is 4.71. The van der Waals surface area contributed by atoms with Crippen LogP contribution in [-0.4, -0.2) is 41.1 Å². The van der Waals surface area contributed by atoms with Crippen LogP contribution in [0.15, 0.2) is 35.3 Å². The van der Waals surface area contributed by atoms with E-state index in [1.807, 2.05) is 0 Å². The van der Waals surface area contributed by atoms with E-state index in [4.69, 9.17) is 21.4 Å². The van der Waals surface area contributed by atoms with E-state index in [1.54, 1.807) is 7.11 Å². The summed E-state index contributed by atoms with van der Waals surface area (Å²) in [6.07, 6.45) is 2.23. The Morgan fingerprint density at radius 2 is 2.09 bits per heavy atom. The fourth-order valence-electron chi connectivity index (χ4n) is 1.92. The van der Waals surface area contributed by atoms with Gasteiger partial charge in [-0.2, -0.15) is 9.78 Å². The Morgan fingerprint density at radius 3 is 2.70 bits per heavy atom. The first-order valence-electron chi connectivity index (χ1n) is 6.89. The number of nitrogens with one attached hydrogen (secondary N) is 1. The number of halogens is 1. The molecule has 0 unspecified atom stereocenters. The first-order valence-corrected chi connectivity index (χ1v) is 7.26. The van der Waals surface area contributed by atoms with Crippen molar-refractivity contribution in [2.24, 2.45) is 0 Å². The summed E-state index contributed by atoms with van der Waals surface area (Å²) in [7, 11) is 1.62. The molecule has 1 aromatic carbocycles. The van der Waals surface area contributed by atoms with Gasteiger partial charge in [0.1, 0.15) is 5.02 Å². The number of benzene rings is 1. The molecule has 122 valence electrons. The number of nitrogens with zero attached hydrogens (tertiary/aromatic N) is 2. The van der Waals surface area contributed by atoms with Gasteiger partial charge in [-0.1, -0.05) is 11.6 Å². The zero-order valence-corrected chi connectivity index (χ0v) is 13.2. The van der Waals surface area contributed by atoms with Crippen LogP contribution in [0.3, 0.4) is 0 Å². The fourth-order valence-corrected chi connectivity index (χ4v) is 2.12. The molecule has 23 heavy (non-hydrogen) atoms. The summed E-state index contributed by atoms with van der Waals surface area (Å²) in [4.78, 5) is 23.1. The molecule has 0 atom stereocenters. The minimum absolute atomic E-state index is 0.0275. The molecule has 7 nitrogen and oxygen atoms in total. The highest BCUT2D eigenvalue weighted by atomic mass is 35.5. The molecule has 0 saturated carbocycles. The zero-order chi connectivity index (χ0) is 16.8. The van der Waals surface area contributed by atoms with Gasteiger partial charge in [-0.05, 0) is 30.7 Å². The van der Waals surface area contributed by atoms with Gasteiger partial charge in [0.2, 0.25) is 0 Å².